The number of hydrogen-bond donors (Lipinski definition) is 1. The molecule has 0 saturated heterocycles. The minimum Gasteiger partial charge on any atom is -0.478 e. The molecule has 3 rings (SSSR count). The predicted molar refractivity (Wildman–Crippen MR) is 74.2 cm³/mol. The molecule has 1 aliphatic carbocycles. The molecular formula is C14H13NO4S. The van der Waals surface area contributed by atoms with Crippen LogP contribution in [0.25, 0.3) is 0 Å². The van der Waals surface area contributed by atoms with Crippen LogP contribution in [0.15, 0.2) is 11.6 Å². The maximum Gasteiger partial charge on any atom is 0.339 e. The van der Waals surface area contributed by atoms with Crippen molar-refractivity contribution in [2.45, 2.75) is 32.6 Å². The van der Waals surface area contributed by atoms with Gasteiger partial charge in [0.15, 0.2) is 0 Å². The lowest BCUT2D eigenvalue weighted by Gasteiger charge is -2.14. The largest absolute Gasteiger partial charge is 0.478 e. The van der Waals surface area contributed by atoms with Crippen LogP contribution in [0.2, 0.25) is 0 Å². The number of anilines is 1. The number of amides is 2. The number of thiophene rings is 1. The van der Waals surface area contributed by atoms with Crippen LogP contribution < -0.4 is 4.90 Å². The number of aryl methyl sites for hydroxylation is 1. The molecule has 1 aliphatic heterocycles. The van der Waals surface area contributed by atoms with Crippen molar-refractivity contribution >= 4 is 34.1 Å². The molecule has 2 aliphatic rings. The lowest BCUT2D eigenvalue weighted by molar-refractivity contribution is -0.120. The zero-order valence-corrected chi connectivity index (χ0v) is 11.7. The molecule has 5 nitrogen and oxygen atoms in total. The van der Waals surface area contributed by atoms with Crippen LogP contribution in [0, 0.1) is 0 Å². The lowest BCUT2D eigenvalue weighted by atomic mass is 9.95. The van der Waals surface area contributed by atoms with Crippen molar-refractivity contribution < 1.29 is 19.5 Å². The third kappa shape index (κ3) is 1.79. The molecule has 0 radical (unpaired) electrons. The fourth-order valence-corrected chi connectivity index (χ4v) is 4.09. The van der Waals surface area contributed by atoms with Crippen LogP contribution in [-0.2, 0) is 22.4 Å². The second kappa shape index (κ2) is 4.56. The summed E-state index contributed by atoms with van der Waals surface area (Å²) in [6.45, 7) is 1.56. The van der Waals surface area contributed by atoms with E-state index < -0.39 is 17.8 Å². The summed E-state index contributed by atoms with van der Waals surface area (Å²) in [5, 5.41) is 9.72. The molecule has 104 valence electrons. The normalized spacial score (nSPS) is 18.2. The molecule has 0 bridgehead atoms. The van der Waals surface area contributed by atoms with Crippen molar-refractivity contribution in [3.05, 3.63) is 27.7 Å². The highest BCUT2D eigenvalue weighted by Crippen LogP contribution is 2.41. The quantitative estimate of drug-likeness (QED) is 0.847. The van der Waals surface area contributed by atoms with Gasteiger partial charge in [-0.2, -0.15) is 0 Å². The first kappa shape index (κ1) is 13.1. The van der Waals surface area contributed by atoms with E-state index in [2.05, 4.69) is 0 Å². The van der Waals surface area contributed by atoms with Crippen LogP contribution in [0.1, 0.15) is 40.6 Å². The van der Waals surface area contributed by atoms with Crippen LogP contribution in [0.5, 0.6) is 0 Å². The van der Waals surface area contributed by atoms with Gasteiger partial charge in [-0.3, -0.25) is 9.59 Å². The standard InChI is InChI=1S/C14H13NO4S/c1-7-6-10(16)15(12(7)17)13-11(14(18)19)8-4-2-3-5-9(8)20-13/h6H,2-5H2,1H3,(H,18,19). The molecule has 20 heavy (non-hydrogen) atoms. The molecule has 6 heteroatoms. The summed E-state index contributed by atoms with van der Waals surface area (Å²) in [5.74, 6) is -1.94. The zero-order chi connectivity index (χ0) is 14.4. The number of carbonyl (C=O) groups is 3. The number of fused-ring (bicyclic) bond motifs is 1. The number of imide groups is 1. The summed E-state index contributed by atoms with van der Waals surface area (Å²) < 4.78 is 0. The molecule has 0 spiro atoms. The Labute approximate surface area is 119 Å². The van der Waals surface area contributed by atoms with Gasteiger partial charge in [0.05, 0.1) is 5.56 Å². The van der Waals surface area contributed by atoms with Gasteiger partial charge in [-0.15, -0.1) is 11.3 Å². The van der Waals surface area contributed by atoms with E-state index in [9.17, 15) is 19.5 Å². The smallest absolute Gasteiger partial charge is 0.339 e. The van der Waals surface area contributed by atoms with Crippen LogP contribution >= 0.6 is 11.3 Å². The monoisotopic (exact) mass is 291 g/mol. The Kier molecular flexibility index (Phi) is 2.97. The Balaban J connectivity index is 2.15. The van der Waals surface area contributed by atoms with E-state index in [0.29, 0.717) is 12.0 Å². The van der Waals surface area contributed by atoms with Gasteiger partial charge in [0.1, 0.15) is 5.00 Å². The minimum atomic E-state index is -1.07. The summed E-state index contributed by atoms with van der Waals surface area (Å²) in [7, 11) is 0. The average molecular weight is 291 g/mol. The fourth-order valence-electron chi connectivity index (χ4n) is 2.71. The number of rotatable bonds is 2. The van der Waals surface area contributed by atoms with Gasteiger partial charge in [0.2, 0.25) is 0 Å². The number of carboxylic acid groups (broad SMARTS) is 1. The first-order valence-electron chi connectivity index (χ1n) is 6.45. The van der Waals surface area contributed by atoms with Crippen molar-refractivity contribution in [2.75, 3.05) is 4.90 Å². The van der Waals surface area contributed by atoms with Crippen molar-refractivity contribution in [3.8, 4) is 0 Å². The molecule has 1 aromatic rings. The highest BCUT2D eigenvalue weighted by molar-refractivity contribution is 7.17. The van der Waals surface area contributed by atoms with E-state index in [1.807, 2.05) is 0 Å². The van der Waals surface area contributed by atoms with E-state index in [4.69, 9.17) is 0 Å². The SMILES string of the molecule is CC1=CC(=O)N(c2sc3c(c2C(=O)O)CCCC3)C1=O. The minimum absolute atomic E-state index is 0.134. The van der Waals surface area contributed by atoms with Gasteiger partial charge in [-0.1, -0.05) is 0 Å². The van der Waals surface area contributed by atoms with Crippen LogP contribution in [0.4, 0.5) is 5.00 Å². The summed E-state index contributed by atoms with van der Waals surface area (Å²) in [6.07, 6.45) is 4.75. The molecule has 1 N–H and O–H groups in total. The summed E-state index contributed by atoms with van der Waals surface area (Å²) in [5.41, 5.74) is 1.28. The number of carboxylic acids is 1. The third-order valence-corrected chi connectivity index (χ3v) is 4.95. The Bertz CT molecular complexity index is 671. The van der Waals surface area contributed by atoms with E-state index in [-0.39, 0.29) is 10.6 Å². The van der Waals surface area contributed by atoms with Crippen LogP contribution in [-0.4, -0.2) is 22.9 Å². The second-order valence-corrected chi connectivity index (χ2v) is 6.09. The Morgan fingerprint density at radius 3 is 2.60 bits per heavy atom. The topological polar surface area (TPSA) is 74.7 Å². The molecule has 1 aromatic heterocycles. The summed E-state index contributed by atoms with van der Waals surface area (Å²) >= 11 is 1.27. The number of nitrogens with zero attached hydrogens (tertiary/aromatic N) is 1. The molecule has 2 heterocycles. The first-order chi connectivity index (χ1) is 9.50. The Morgan fingerprint density at radius 1 is 1.30 bits per heavy atom. The predicted octanol–water partition coefficient (Wildman–Crippen LogP) is 2.14. The second-order valence-electron chi connectivity index (χ2n) is 5.00. The maximum absolute atomic E-state index is 12.1. The Morgan fingerprint density at radius 2 is 2.00 bits per heavy atom. The molecule has 0 unspecified atom stereocenters. The van der Waals surface area contributed by atoms with E-state index in [0.717, 1.165) is 34.6 Å². The van der Waals surface area contributed by atoms with Crippen molar-refractivity contribution in [1.29, 1.82) is 0 Å². The van der Waals surface area contributed by atoms with Gasteiger partial charge in [-0.05, 0) is 38.2 Å². The number of carbonyl (C=O) groups excluding carboxylic acids is 2. The molecule has 0 aromatic carbocycles. The first-order valence-corrected chi connectivity index (χ1v) is 7.27. The van der Waals surface area contributed by atoms with Crippen molar-refractivity contribution in [1.82, 2.24) is 0 Å². The highest BCUT2D eigenvalue weighted by Gasteiger charge is 2.36. The molecular weight excluding hydrogens is 278 g/mol. The van der Waals surface area contributed by atoms with Crippen molar-refractivity contribution in [2.24, 2.45) is 0 Å². The highest BCUT2D eigenvalue weighted by atomic mass is 32.1. The van der Waals surface area contributed by atoms with E-state index in [1.165, 1.54) is 17.4 Å². The van der Waals surface area contributed by atoms with Gasteiger partial charge in [0.25, 0.3) is 11.8 Å². The van der Waals surface area contributed by atoms with Gasteiger partial charge >= 0.3 is 5.97 Å². The molecule has 0 fully saturated rings. The summed E-state index contributed by atoms with van der Waals surface area (Å²) in [4.78, 5) is 37.5. The van der Waals surface area contributed by atoms with Gasteiger partial charge in [0, 0.05) is 16.5 Å². The molecule has 2 amide bonds. The fraction of sp³-hybridized carbons (Fsp3) is 0.357. The lowest BCUT2D eigenvalue weighted by Crippen LogP contribution is -2.31. The molecule has 0 saturated carbocycles. The van der Waals surface area contributed by atoms with E-state index >= 15 is 0 Å². The average Bonchev–Trinajstić information content (AvgIpc) is 2.87. The van der Waals surface area contributed by atoms with Crippen molar-refractivity contribution in [3.63, 3.8) is 0 Å². The Hall–Kier alpha value is -1.95. The van der Waals surface area contributed by atoms with Gasteiger partial charge < -0.3 is 5.11 Å². The van der Waals surface area contributed by atoms with Crippen LogP contribution in [0.3, 0.4) is 0 Å². The van der Waals surface area contributed by atoms with Gasteiger partial charge in [-0.25, -0.2) is 9.69 Å². The number of hydrogen-bond acceptors (Lipinski definition) is 4. The third-order valence-electron chi connectivity index (χ3n) is 3.67. The van der Waals surface area contributed by atoms with E-state index in [1.54, 1.807) is 6.92 Å². The summed E-state index contributed by atoms with van der Waals surface area (Å²) in [6, 6.07) is 0. The maximum atomic E-state index is 12.1. The molecule has 0 atom stereocenters. The number of aromatic carboxylic acids is 1. The zero-order valence-electron chi connectivity index (χ0n) is 10.9.